The normalized spacial score (nSPS) is 16.8. The Bertz CT molecular complexity index is 1430. The molecule has 1 aliphatic heterocycles. The molecule has 2 heterocycles. The zero-order valence-electron chi connectivity index (χ0n) is 19.6. The quantitative estimate of drug-likeness (QED) is 0.309. The summed E-state index contributed by atoms with van der Waals surface area (Å²) >= 11 is 5.95. The molecule has 36 heavy (non-hydrogen) atoms. The standard InChI is InChI=1S/C29H24ClNO5/c1-19-6-2-5-9-25(19)35-17-16-31-23-8-4-3-7-22(23)29(34,28(31)33)18-24(32)27-15-14-26(36-27)20-10-12-21(30)13-11-20/h2-15,34H,16-18H2,1H3. The number of aliphatic hydroxyl groups is 1. The van der Waals surface area contributed by atoms with E-state index in [-0.39, 0.29) is 18.9 Å². The molecular formula is C29H24ClNO5. The van der Waals surface area contributed by atoms with E-state index in [0.717, 1.165) is 16.9 Å². The number of ether oxygens (including phenoxy) is 1. The van der Waals surface area contributed by atoms with Crippen LogP contribution in [0.5, 0.6) is 5.75 Å². The minimum Gasteiger partial charge on any atom is -0.491 e. The number of hydrogen-bond donors (Lipinski definition) is 1. The largest absolute Gasteiger partial charge is 0.491 e. The highest BCUT2D eigenvalue weighted by molar-refractivity contribution is 6.30. The molecule has 6 nitrogen and oxygen atoms in total. The molecule has 0 aliphatic carbocycles. The van der Waals surface area contributed by atoms with Gasteiger partial charge in [-0.3, -0.25) is 9.59 Å². The molecule has 182 valence electrons. The van der Waals surface area contributed by atoms with Gasteiger partial charge >= 0.3 is 0 Å². The van der Waals surface area contributed by atoms with E-state index in [1.54, 1.807) is 60.7 Å². The lowest BCUT2D eigenvalue weighted by molar-refractivity contribution is -0.136. The predicted octanol–water partition coefficient (Wildman–Crippen LogP) is 5.79. The number of anilines is 1. The highest BCUT2D eigenvalue weighted by Gasteiger charge is 2.51. The van der Waals surface area contributed by atoms with Crippen molar-refractivity contribution in [2.24, 2.45) is 0 Å². The average Bonchev–Trinajstić information content (AvgIpc) is 3.45. The minimum absolute atomic E-state index is 0.0694. The van der Waals surface area contributed by atoms with Gasteiger partial charge in [-0.25, -0.2) is 0 Å². The Morgan fingerprint density at radius 1 is 1.00 bits per heavy atom. The Labute approximate surface area is 213 Å². The highest BCUT2D eigenvalue weighted by atomic mass is 35.5. The molecule has 1 aliphatic rings. The Morgan fingerprint density at radius 3 is 2.50 bits per heavy atom. The van der Waals surface area contributed by atoms with Crippen LogP contribution in [0.25, 0.3) is 11.3 Å². The summed E-state index contributed by atoms with van der Waals surface area (Å²) in [5.74, 6) is 0.265. The van der Waals surface area contributed by atoms with Crippen LogP contribution in [-0.2, 0) is 10.4 Å². The van der Waals surface area contributed by atoms with E-state index in [1.807, 2.05) is 31.2 Å². The summed E-state index contributed by atoms with van der Waals surface area (Å²) in [6.07, 6.45) is -0.439. The first-order chi connectivity index (χ1) is 17.4. The second-order valence-electron chi connectivity index (χ2n) is 8.72. The number of fused-ring (bicyclic) bond motifs is 1. The lowest BCUT2D eigenvalue weighted by Crippen LogP contribution is -2.43. The molecule has 0 radical (unpaired) electrons. The van der Waals surface area contributed by atoms with Crippen molar-refractivity contribution >= 4 is 29.0 Å². The molecule has 5 rings (SSSR count). The van der Waals surface area contributed by atoms with Gasteiger partial charge in [-0.2, -0.15) is 0 Å². The summed E-state index contributed by atoms with van der Waals surface area (Å²) in [6, 6.07) is 24.9. The third-order valence-electron chi connectivity index (χ3n) is 6.33. The molecular weight excluding hydrogens is 478 g/mol. The smallest absolute Gasteiger partial charge is 0.264 e. The fourth-order valence-electron chi connectivity index (χ4n) is 4.44. The number of benzene rings is 3. The molecule has 3 aromatic carbocycles. The number of carbonyl (C=O) groups excluding carboxylic acids is 2. The van der Waals surface area contributed by atoms with Crippen molar-refractivity contribution in [1.29, 1.82) is 0 Å². The van der Waals surface area contributed by atoms with Crippen molar-refractivity contribution in [3.63, 3.8) is 0 Å². The Kier molecular flexibility index (Phi) is 6.39. The SMILES string of the molecule is Cc1ccccc1OCCN1C(=O)C(O)(CC(=O)c2ccc(-c3ccc(Cl)cc3)o2)c2ccccc21. The number of aryl methyl sites for hydroxylation is 1. The fourth-order valence-corrected chi connectivity index (χ4v) is 4.57. The maximum absolute atomic E-state index is 13.4. The summed E-state index contributed by atoms with van der Waals surface area (Å²) in [5, 5.41) is 12.1. The first-order valence-corrected chi connectivity index (χ1v) is 12.0. The van der Waals surface area contributed by atoms with Gasteiger partial charge in [-0.15, -0.1) is 0 Å². The molecule has 0 spiro atoms. The number of para-hydroxylation sites is 2. The second-order valence-corrected chi connectivity index (χ2v) is 9.16. The van der Waals surface area contributed by atoms with Crippen LogP contribution in [0.3, 0.4) is 0 Å². The Morgan fingerprint density at radius 2 is 1.72 bits per heavy atom. The molecule has 7 heteroatoms. The van der Waals surface area contributed by atoms with Gasteiger partial charge in [0.25, 0.3) is 5.91 Å². The zero-order chi connectivity index (χ0) is 25.3. The van der Waals surface area contributed by atoms with Crippen LogP contribution >= 0.6 is 11.6 Å². The molecule has 4 aromatic rings. The molecule has 0 saturated carbocycles. The first kappa shape index (κ1) is 23.9. The summed E-state index contributed by atoms with van der Waals surface area (Å²) in [4.78, 5) is 28.1. The van der Waals surface area contributed by atoms with Crippen molar-refractivity contribution in [1.82, 2.24) is 0 Å². The highest BCUT2D eigenvalue weighted by Crippen LogP contribution is 2.43. The van der Waals surface area contributed by atoms with E-state index in [9.17, 15) is 14.7 Å². The van der Waals surface area contributed by atoms with Crippen LogP contribution in [-0.4, -0.2) is 29.9 Å². The van der Waals surface area contributed by atoms with Crippen molar-refractivity contribution in [2.45, 2.75) is 18.9 Å². The van der Waals surface area contributed by atoms with Gasteiger partial charge < -0.3 is 19.2 Å². The minimum atomic E-state index is -2.00. The second kappa shape index (κ2) is 9.64. The summed E-state index contributed by atoms with van der Waals surface area (Å²) in [7, 11) is 0. The lowest BCUT2D eigenvalue weighted by atomic mass is 9.89. The number of halogens is 1. The first-order valence-electron chi connectivity index (χ1n) is 11.6. The van der Waals surface area contributed by atoms with Gasteiger partial charge in [0.2, 0.25) is 5.78 Å². The Balaban J connectivity index is 1.34. The number of rotatable bonds is 8. The van der Waals surface area contributed by atoms with Gasteiger partial charge in [-0.05, 0) is 61.0 Å². The van der Waals surface area contributed by atoms with Crippen LogP contribution in [0, 0.1) is 6.92 Å². The summed E-state index contributed by atoms with van der Waals surface area (Å²) in [5.41, 5.74) is 0.712. The van der Waals surface area contributed by atoms with E-state index in [2.05, 4.69) is 0 Å². The van der Waals surface area contributed by atoms with E-state index in [1.165, 1.54) is 4.90 Å². The third kappa shape index (κ3) is 4.41. The van der Waals surface area contributed by atoms with Crippen LogP contribution in [0.1, 0.15) is 28.1 Å². The van der Waals surface area contributed by atoms with E-state index < -0.39 is 23.7 Å². The van der Waals surface area contributed by atoms with E-state index >= 15 is 0 Å². The number of Topliss-reactive ketones (excluding diaryl/α,β-unsaturated/α-hetero) is 1. The number of ketones is 1. The van der Waals surface area contributed by atoms with Gasteiger partial charge in [0, 0.05) is 16.1 Å². The summed E-state index contributed by atoms with van der Waals surface area (Å²) < 4.78 is 11.6. The van der Waals surface area contributed by atoms with Gasteiger partial charge in [0.05, 0.1) is 18.7 Å². The molecule has 0 saturated heterocycles. The van der Waals surface area contributed by atoms with Gasteiger partial charge in [-0.1, -0.05) is 48.0 Å². The number of nitrogens with zero attached hydrogens (tertiary/aromatic N) is 1. The van der Waals surface area contributed by atoms with Crippen LogP contribution in [0.2, 0.25) is 5.02 Å². The van der Waals surface area contributed by atoms with Crippen molar-refractivity contribution in [3.05, 3.63) is 107 Å². The van der Waals surface area contributed by atoms with Gasteiger partial charge in [0.15, 0.2) is 11.4 Å². The molecule has 1 aromatic heterocycles. The van der Waals surface area contributed by atoms with Crippen molar-refractivity contribution < 1.29 is 23.8 Å². The fraction of sp³-hybridized carbons (Fsp3) is 0.172. The van der Waals surface area contributed by atoms with Crippen LogP contribution in [0.4, 0.5) is 5.69 Å². The van der Waals surface area contributed by atoms with Crippen LogP contribution < -0.4 is 9.64 Å². The maximum Gasteiger partial charge on any atom is 0.264 e. The van der Waals surface area contributed by atoms with Crippen LogP contribution in [0.15, 0.2) is 89.3 Å². The molecule has 1 atom stereocenters. The van der Waals surface area contributed by atoms with E-state index in [0.29, 0.717) is 22.0 Å². The number of carbonyl (C=O) groups is 2. The van der Waals surface area contributed by atoms with Gasteiger partial charge in [0.1, 0.15) is 18.1 Å². The third-order valence-corrected chi connectivity index (χ3v) is 6.58. The topological polar surface area (TPSA) is 80.0 Å². The molecule has 0 bridgehead atoms. The molecule has 1 unspecified atom stereocenters. The van der Waals surface area contributed by atoms with Crippen molar-refractivity contribution in [2.75, 3.05) is 18.1 Å². The zero-order valence-corrected chi connectivity index (χ0v) is 20.4. The number of hydrogen-bond acceptors (Lipinski definition) is 5. The summed E-state index contributed by atoms with van der Waals surface area (Å²) in [6.45, 7) is 2.41. The molecule has 1 amide bonds. The predicted molar refractivity (Wildman–Crippen MR) is 137 cm³/mol. The van der Waals surface area contributed by atoms with Crippen molar-refractivity contribution in [3.8, 4) is 17.1 Å². The number of furan rings is 1. The number of amides is 1. The lowest BCUT2D eigenvalue weighted by Gasteiger charge is -2.22. The Hall–Kier alpha value is -3.87. The molecule has 0 fully saturated rings. The molecule has 1 N–H and O–H groups in total. The maximum atomic E-state index is 13.4. The van der Waals surface area contributed by atoms with E-state index in [4.69, 9.17) is 20.8 Å². The monoisotopic (exact) mass is 501 g/mol. The average molecular weight is 502 g/mol.